The molecule has 0 bridgehead atoms. The van der Waals surface area contributed by atoms with Crippen molar-refractivity contribution < 1.29 is 14.3 Å². The number of thiazole rings is 1. The van der Waals surface area contributed by atoms with Gasteiger partial charge in [0.25, 0.3) is 0 Å². The van der Waals surface area contributed by atoms with Gasteiger partial charge in [0.2, 0.25) is 0 Å². The summed E-state index contributed by atoms with van der Waals surface area (Å²) in [4.78, 5) is 27.6. The Kier molecular flexibility index (Phi) is 4.14. The average Bonchev–Trinajstić information content (AvgIpc) is 2.82. The topological polar surface area (TPSA) is 68.3 Å². The summed E-state index contributed by atoms with van der Waals surface area (Å²) in [5.74, 6) is -0.816. The van der Waals surface area contributed by atoms with E-state index in [1.807, 2.05) is 31.2 Å². The van der Waals surface area contributed by atoms with Gasteiger partial charge in [-0.15, -0.1) is 0 Å². The monoisotopic (exact) mass is 290 g/mol. The van der Waals surface area contributed by atoms with Crippen LogP contribution < -0.4 is 5.32 Å². The molecule has 0 unspecified atom stereocenters. The van der Waals surface area contributed by atoms with Crippen LogP contribution in [0.3, 0.4) is 0 Å². The van der Waals surface area contributed by atoms with E-state index in [-0.39, 0.29) is 11.5 Å². The van der Waals surface area contributed by atoms with Crippen LogP contribution in [0.15, 0.2) is 24.3 Å². The summed E-state index contributed by atoms with van der Waals surface area (Å²) in [5, 5.41) is 3.57. The molecule has 2 aromatic rings. The second kappa shape index (κ2) is 5.83. The number of methoxy groups -OCH3 is 1. The molecule has 0 aliphatic heterocycles. The molecule has 0 fully saturated rings. The summed E-state index contributed by atoms with van der Waals surface area (Å²) in [7, 11) is 1.26. The lowest BCUT2D eigenvalue weighted by Gasteiger charge is -2.02. The van der Waals surface area contributed by atoms with Gasteiger partial charge >= 0.3 is 5.97 Å². The predicted molar refractivity (Wildman–Crippen MR) is 77.9 cm³/mol. The average molecular weight is 290 g/mol. The molecule has 0 aliphatic carbocycles. The molecular weight excluding hydrogens is 276 g/mol. The molecule has 0 atom stereocenters. The highest BCUT2D eigenvalue weighted by atomic mass is 32.1. The third-order valence-electron chi connectivity index (χ3n) is 2.60. The Morgan fingerprint density at radius 1 is 1.35 bits per heavy atom. The molecule has 104 valence electrons. The minimum Gasteiger partial charge on any atom is -0.464 e. The quantitative estimate of drug-likeness (QED) is 0.692. The zero-order valence-corrected chi connectivity index (χ0v) is 12.2. The Balaban J connectivity index is 2.34. The van der Waals surface area contributed by atoms with Gasteiger partial charge in [-0.1, -0.05) is 23.5 Å². The molecule has 0 saturated carbocycles. The van der Waals surface area contributed by atoms with Crippen LogP contribution in [-0.4, -0.2) is 23.8 Å². The number of anilines is 2. The first kappa shape index (κ1) is 14.2. The van der Waals surface area contributed by atoms with Crippen LogP contribution in [-0.2, 0) is 4.74 Å². The molecule has 1 aromatic carbocycles. The standard InChI is InChI=1S/C14H14N2O3S/c1-8-5-4-6-10(7-8)15-14-16-11(13(18)19-3)12(20-14)9(2)17/h4-7H,1-3H3,(H,15,16). The van der Waals surface area contributed by atoms with Crippen molar-refractivity contribution in [2.24, 2.45) is 0 Å². The molecule has 1 heterocycles. The van der Waals surface area contributed by atoms with Crippen LogP contribution in [0, 0.1) is 6.92 Å². The van der Waals surface area contributed by atoms with E-state index in [4.69, 9.17) is 0 Å². The van der Waals surface area contributed by atoms with Crippen LogP contribution in [0.2, 0.25) is 0 Å². The predicted octanol–water partition coefficient (Wildman–Crippen LogP) is 3.18. The van der Waals surface area contributed by atoms with Crippen molar-refractivity contribution >= 4 is 33.9 Å². The lowest BCUT2D eigenvalue weighted by Crippen LogP contribution is -2.07. The van der Waals surface area contributed by atoms with Gasteiger partial charge in [-0.05, 0) is 24.6 Å². The number of Topliss-reactive ketones (excluding diaryl/α,β-unsaturated/α-hetero) is 1. The third-order valence-corrected chi connectivity index (χ3v) is 3.67. The molecule has 0 radical (unpaired) electrons. The van der Waals surface area contributed by atoms with Crippen molar-refractivity contribution in [2.45, 2.75) is 13.8 Å². The van der Waals surface area contributed by atoms with E-state index in [0.717, 1.165) is 22.6 Å². The van der Waals surface area contributed by atoms with Crippen molar-refractivity contribution in [1.82, 2.24) is 4.98 Å². The van der Waals surface area contributed by atoms with Crippen molar-refractivity contribution in [1.29, 1.82) is 0 Å². The van der Waals surface area contributed by atoms with Gasteiger partial charge in [-0.25, -0.2) is 9.78 Å². The number of carbonyl (C=O) groups excluding carboxylic acids is 2. The second-order valence-electron chi connectivity index (χ2n) is 4.24. The number of hydrogen-bond donors (Lipinski definition) is 1. The normalized spacial score (nSPS) is 10.2. The number of esters is 1. The molecule has 1 aromatic heterocycles. The number of ketones is 1. The molecule has 0 spiro atoms. The Morgan fingerprint density at radius 2 is 2.10 bits per heavy atom. The summed E-state index contributed by atoms with van der Waals surface area (Å²) in [5.41, 5.74) is 2.01. The van der Waals surface area contributed by atoms with Gasteiger partial charge in [0.05, 0.1) is 7.11 Å². The van der Waals surface area contributed by atoms with Crippen molar-refractivity contribution in [3.63, 3.8) is 0 Å². The second-order valence-corrected chi connectivity index (χ2v) is 5.24. The van der Waals surface area contributed by atoms with Gasteiger partial charge in [-0.2, -0.15) is 0 Å². The minimum absolute atomic E-state index is 0.0557. The van der Waals surface area contributed by atoms with Crippen LogP contribution in [0.25, 0.3) is 0 Å². The molecule has 1 N–H and O–H groups in total. The fourth-order valence-corrected chi connectivity index (χ4v) is 2.56. The number of aryl methyl sites for hydroxylation is 1. The number of carbonyl (C=O) groups is 2. The van der Waals surface area contributed by atoms with Crippen molar-refractivity contribution in [2.75, 3.05) is 12.4 Å². The molecule has 0 aliphatic rings. The Labute approximate surface area is 120 Å². The number of nitrogens with zero attached hydrogens (tertiary/aromatic N) is 1. The summed E-state index contributed by atoms with van der Waals surface area (Å²) in [6, 6.07) is 7.73. The van der Waals surface area contributed by atoms with E-state index in [0.29, 0.717) is 10.0 Å². The highest BCUT2D eigenvalue weighted by Gasteiger charge is 2.21. The minimum atomic E-state index is -0.608. The largest absolute Gasteiger partial charge is 0.464 e. The summed E-state index contributed by atoms with van der Waals surface area (Å²) >= 11 is 1.14. The smallest absolute Gasteiger partial charge is 0.358 e. The summed E-state index contributed by atoms with van der Waals surface area (Å²) in [6.07, 6.45) is 0. The van der Waals surface area contributed by atoms with Crippen molar-refractivity contribution in [3.05, 3.63) is 40.4 Å². The highest BCUT2D eigenvalue weighted by Crippen LogP contribution is 2.27. The Bertz CT molecular complexity index is 664. The van der Waals surface area contributed by atoms with Crippen LogP contribution in [0.4, 0.5) is 10.8 Å². The van der Waals surface area contributed by atoms with E-state index >= 15 is 0 Å². The van der Waals surface area contributed by atoms with E-state index < -0.39 is 5.97 Å². The van der Waals surface area contributed by atoms with E-state index in [1.54, 1.807) is 0 Å². The molecule has 20 heavy (non-hydrogen) atoms. The van der Waals surface area contributed by atoms with Gasteiger partial charge in [0, 0.05) is 12.6 Å². The fraction of sp³-hybridized carbons (Fsp3) is 0.214. The molecule has 0 amide bonds. The first-order chi connectivity index (χ1) is 9.51. The van der Waals surface area contributed by atoms with Crippen LogP contribution in [0.1, 0.15) is 32.6 Å². The number of ether oxygens (including phenoxy) is 1. The van der Waals surface area contributed by atoms with Crippen molar-refractivity contribution in [3.8, 4) is 0 Å². The van der Waals surface area contributed by atoms with E-state index in [2.05, 4.69) is 15.0 Å². The maximum Gasteiger partial charge on any atom is 0.358 e. The molecule has 6 heteroatoms. The number of rotatable bonds is 4. The molecule has 0 saturated heterocycles. The third kappa shape index (κ3) is 3.03. The SMILES string of the molecule is COC(=O)c1nc(Nc2cccc(C)c2)sc1C(C)=O. The number of benzene rings is 1. The fourth-order valence-electron chi connectivity index (χ4n) is 1.69. The zero-order valence-electron chi connectivity index (χ0n) is 11.4. The summed E-state index contributed by atoms with van der Waals surface area (Å²) in [6.45, 7) is 3.38. The first-order valence-corrected chi connectivity index (χ1v) is 6.76. The summed E-state index contributed by atoms with van der Waals surface area (Å²) < 4.78 is 4.63. The molecule has 2 rings (SSSR count). The maximum absolute atomic E-state index is 11.6. The van der Waals surface area contributed by atoms with Crippen LogP contribution in [0.5, 0.6) is 0 Å². The lowest BCUT2D eigenvalue weighted by molar-refractivity contribution is 0.0591. The first-order valence-electron chi connectivity index (χ1n) is 5.95. The van der Waals surface area contributed by atoms with Gasteiger partial charge in [-0.3, -0.25) is 4.79 Å². The molecule has 5 nitrogen and oxygen atoms in total. The molecular formula is C14H14N2O3S. The lowest BCUT2D eigenvalue weighted by atomic mass is 10.2. The number of hydrogen-bond acceptors (Lipinski definition) is 6. The van der Waals surface area contributed by atoms with Gasteiger partial charge < -0.3 is 10.1 Å². The van der Waals surface area contributed by atoms with Crippen LogP contribution >= 0.6 is 11.3 Å². The Hall–Kier alpha value is -2.21. The number of aromatic nitrogens is 1. The van der Waals surface area contributed by atoms with Gasteiger partial charge in [0.1, 0.15) is 4.88 Å². The number of nitrogens with one attached hydrogen (secondary N) is 1. The van der Waals surface area contributed by atoms with E-state index in [9.17, 15) is 9.59 Å². The zero-order chi connectivity index (χ0) is 14.7. The van der Waals surface area contributed by atoms with Gasteiger partial charge in [0.15, 0.2) is 16.6 Å². The maximum atomic E-state index is 11.6. The van der Waals surface area contributed by atoms with E-state index in [1.165, 1.54) is 14.0 Å². The highest BCUT2D eigenvalue weighted by molar-refractivity contribution is 7.17. The Morgan fingerprint density at radius 3 is 2.70 bits per heavy atom.